The molecule has 0 heterocycles. The van der Waals surface area contributed by atoms with Crippen LogP contribution in [0.3, 0.4) is 0 Å². The Bertz CT molecular complexity index is 191. The summed E-state index contributed by atoms with van der Waals surface area (Å²) < 4.78 is 5.22. The predicted molar refractivity (Wildman–Crippen MR) is 63.7 cm³/mol. The minimum absolute atomic E-state index is 0.0122. The molecule has 0 saturated heterocycles. The molecule has 15 heavy (non-hydrogen) atoms. The predicted octanol–water partition coefficient (Wildman–Crippen LogP) is 3.65. The van der Waals surface area contributed by atoms with Crippen molar-refractivity contribution in [2.75, 3.05) is 6.61 Å². The molecule has 0 aromatic carbocycles. The molecule has 0 saturated carbocycles. The second-order valence-corrected chi connectivity index (χ2v) is 5.46. The summed E-state index contributed by atoms with van der Waals surface area (Å²) in [6.07, 6.45) is 2.03. The molecule has 2 atom stereocenters. The van der Waals surface area contributed by atoms with Crippen LogP contribution in [0.25, 0.3) is 0 Å². The van der Waals surface area contributed by atoms with Gasteiger partial charge in [-0.1, -0.05) is 48.0 Å². The summed E-state index contributed by atoms with van der Waals surface area (Å²) in [6, 6.07) is 0. The van der Waals surface area contributed by atoms with Crippen LogP contribution in [-0.4, -0.2) is 12.6 Å². The second kappa shape index (κ2) is 6.14. The lowest BCUT2D eigenvalue weighted by atomic mass is 9.75. The van der Waals surface area contributed by atoms with Gasteiger partial charge in [0.2, 0.25) is 0 Å². The Balaban J connectivity index is 4.08. The molecule has 0 fully saturated rings. The fourth-order valence-electron chi connectivity index (χ4n) is 1.40. The number of rotatable bonds is 5. The fourth-order valence-corrected chi connectivity index (χ4v) is 1.40. The SMILES string of the molecule is CCCCOC(=O)C(C)C(C)C(C)(C)C. The number of esters is 1. The molecule has 0 amide bonds. The first-order valence-electron chi connectivity index (χ1n) is 5.97. The molecule has 0 rings (SSSR count). The van der Waals surface area contributed by atoms with Gasteiger partial charge in [-0.25, -0.2) is 0 Å². The minimum Gasteiger partial charge on any atom is -0.465 e. The molecule has 0 aliphatic heterocycles. The van der Waals surface area contributed by atoms with E-state index < -0.39 is 0 Å². The zero-order valence-corrected chi connectivity index (χ0v) is 11.1. The van der Waals surface area contributed by atoms with Gasteiger partial charge in [0, 0.05) is 0 Å². The van der Waals surface area contributed by atoms with Crippen molar-refractivity contribution in [3.8, 4) is 0 Å². The highest BCUT2D eigenvalue weighted by Gasteiger charge is 2.30. The van der Waals surface area contributed by atoms with Crippen LogP contribution in [0, 0.1) is 17.3 Å². The third-order valence-electron chi connectivity index (χ3n) is 3.23. The van der Waals surface area contributed by atoms with Gasteiger partial charge in [-0.05, 0) is 17.8 Å². The maximum absolute atomic E-state index is 11.7. The molecular formula is C13H26O2. The van der Waals surface area contributed by atoms with Gasteiger partial charge in [-0.3, -0.25) is 4.79 Å². The molecular weight excluding hydrogens is 188 g/mol. The van der Waals surface area contributed by atoms with Crippen LogP contribution in [0.15, 0.2) is 0 Å². The molecule has 0 aromatic heterocycles. The van der Waals surface area contributed by atoms with E-state index >= 15 is 0 Å². The van der Waals surface area contributed by atoms with Crippen LogP contribution in [-0.2, 0) is 9.53 Å². The lowest BCUT2D eigenvalue weighted by Crippen LogP contribution is -2.30. The standard InChI is InChI=1S/C13H26O2/c1-7-8-9-15-12(14)10(2)11(3)13(4,5)6/h10-11H,7-9H2,1-6H3. The summed E-state index contributed by atoms with van der Waals surface area (Å²) in [6.45, 7) is 13.2. The largest absolute Gasteiger partial charge is 0.465 e. The highest BCUT2D eigenvalue weighted by molar-refractivity contribution is 5.72. The van der Waals surface area contributed by atoms with E-state index in [-0.39, 0.29) is 17.3 Å². The zero-order chi connectivity index (χ0) is 12.1. The van der Waals surface area contributed by atoms with Crippen LogP contribution < -0.4 is 0 Å². The molecule has 0 N–H and O–H groups in total. The Kier molecular flexibility index (Phi) is 5.92. The third-order valence-corrected chi connectivity index (χ3v) is 3.23. The molecule has 0 bridgehead atoms. The van der Waals surface area contributed by atoms with Crippen molar-refractivity contribution >= 4 is 5.97 Å². The highest BCUT2D eigenvalue weighted by Crippen LogP contribution is 2.32. The maximum atomic E-state index is 11.7. The van der Waals surface area contributed by atoms with Crippen molar-refractivity contribution in [3.05, 3.63) is 0 Å². The average molecular weight is 214 g/mol. The van der Waals surface area contributed by atoms with Crippen LogP contribution in [0.1, 0.15) is 54.4 Å². The van der Waals surface area contributed by atoms with Crippen LogP contribution in [0.2, 0.25) is 0 Å². The molecule has 0 spiro atoms. The first-order chi connectivity index (χ1) is 6.80. The van der Waals surface area contributed by atoms with Crippen LogP contribution in [0.4, 0.5) is 0 Å². The first kappa shape index (κ1) is 14.5. The lowest BCUT2D eigenvalue weighted by Gasteiger charge is -2.31. The molecule has 0 aromatic rings. The van der Waals surface area contributed by atoms with E-state index in [1.165, 1.54) is 0 Å². The van der Waals surface area contributed by atoms with E-state index in [9.17, 15) is 4.79 Å². The summed E-state index contributed by atoms with van der Waals surface area (Å²) in [5.74, 6) is 0.277. The molecule has 2 unspecified atom stereocenters. The van der Waals surface area contributed by atoms with Crippen molar-refractivity contribution in [1.82, 2.24) is 0 Å². The minimum atomic E-state index is -0.0501. The molecule has 0 aliphatic rings. The van der Waals surface area contributed by atoms with Crippen molar-refractivity contribution < 1.29 is 9.53 Å². The number of carbonyl (C=O) groups excluding carboxylic acids is 1. The Hall–Kier alpha value is -0.530. The molecule has 0 radical (unpaired) electrons. The number of carbonyl (C=O) groups is 1. The Morgan fingerprint density at radius 3 is 2.20 bits per heavy atom. The summed E-state index contributed by atoms with van der Waals surface area (Å²) >= 11 is 0. The fraction of sp³-hybridized carbons (Fsp3) is 0.923. The highest BCUT2D eigenvalue weighted by atomic mass is 16.5. The van der Waals surface area contributed by atoms with Crippen molar-refractivity contribution in [1.29, 1.82) is 0 Å². The summed E-state index contributed by atoms with van der Waals surface area (Å²) in [5, 5.41) is 0. The van der Waals surface area contributed by atoms with E-state index in [2.05, 4.69) is 34.6 Å². The van der Waals surface area contributed by atoms with E-state index in [4.69, 9.17) is 4.74 Å². The van der Waals surface area contributed by atoms with Crippen LogP contribution >= 0.6 is 0 Å². The van der Waals surface area contributed by atoms with E-state index in [0.29, 0.717) is 12.5 Å². The summed E-state index contributed by atoms with van der Waals surface area (Å²) in [4.78, 5) is 11.7. The first-order valence-corrected chi connectivity index (χ1v) is 5.97. The van der Waals surface area contributed by atoms with Crippen molar-refractivity contribution in [2.45, 2.75) is 54.4 Å². The Morgan fingerprint density at radius 2 is 1.80 bits per heavy atom. The molecule has 2 heteroatoms. The van der Waals surface area contributed by atoms with Gasteiger partial charge in [0.1, 0.15) is 0 Å². The second-order valence-electron chi connectivity index (χ2n) is 5.46. The van der Waals surface area contributed by atoms with Gasteiger partial charge in [0.15, 0.2) is 0 Å². The Labute approximate surface area is 94.4 Å². The number of hydrogen-bond donors (Lipinski definition) is 0. The quantitative estimate of drug-likeness (QED) is 0.516. The van der Waals surface area contributed by atoms with Gasteiger partial charge in [0.05, 0.1) is 12.5 Å². The smallest absolute Gasteiger partial charge is 0.308 e. The van der Waals surface area contributed by atoms with E-state index in [1.807, 2.05) is 6.92 Å². The van der Waals surface area contributed by atoms with Gasteiger partial charge in [0.25, 0.3) is 0 Å². The summed E-state index contributed by atoms with van der Waals surface area (Å²) in [7, 11) is 0. The van der Waals surface area contributed by atoms with Crippen molar-refractivity contribution in [2.24, 2.45) is 17.3 Å². The lowest BCUT2D eigenvalue weighted by molar-refractivity contribution is -0.151. The van der Waals surface area contributed by atoms with Gasteiger partial charge >= 0.3 is 5.97 Å². The molecule has 0 aliphatic carbocycles. The van der Waals surface area contributed by atoms with Gasteiger partial charge < -0.3 is 4.74 Å². The number of hydrogen-bond acceptors (Lipinski definition) is 2. The average Bonchev–Trinajstić information content (AvgIpc) is 2.14. The zero-order valence-electron chi connectivity index (χ0n) is 11.1. The third kappa shape index (κ3) is 5.19. The normalized spacial score (nSPS) is 15.9. The number of unbranched alkanes of at least 4 members (excludes halogenated alkanes) is 1. The van der Waals surface area contributed by atoms with E-state index in [1.54, 1.807) is 0 Å². The number of ether oxygens (including phenoxy) is 1. The van der Waals surface area contributed by atoms with Gasteiger partial charge in [-0.15, -0.1) is 0 Å². The maximum Gasteiger partial charge on any atom is 0.308 e. The Morgan fingerprint density at radius 1 is 1.27 bits per heavy atom. The molecule has 90 valence electrons. The molecule has 2 nitrogen and oxygen atoms in total. The topological polar surface area (TPSA) is 26.3 Å². The van der Waals surface area contributed by atoms with Crippen LogP contribution in [0.5, 0.6) is 0 Å². The van der Waals surface area contributed by atoms with Gasteiger partial charge in [-0.2, -0.15) is 0 Å². The van der Waals surface area contributed by atoms with E-state index in [0.717, 1.165) is 12.8 Å². The summed E-state index contributed by atoms with van der Waals surface area (Å²) in [5.41, 5.74) is 0.156. The van der Waals surface area contributed by atoms with Crippen molar-refractivity contribution in [3.63, 3.8) is 0 Å². The monoisotopic (exact) mass is 214 g/mol.